The molecule has 1 amide bonds. The predicted octanol–water partition coefficient (Wildman–Crippen LogP) is 1.11. The highest BCUT2D eigenvalue weighted by Crippen LogP contribution is 2.21. The molecule has 2 aliphatic rings. The lowest BCUT2D eigenvalue weighted by atomic mass is 9.98. The number of amides is 1. The van der Waals surface area contributed by atoms with Crippen LogP contribution in [0.4, 0.5) is 0 Å². The Morgan fingerprint density at radius 3 is 2.82 bits per heavy atom. The summed E-state index contributed by atoms with van der Waals surface area (Å²) in [6, 6.07) is 10.3. The molecule has 1 unspecified atom stereocenters. The third-order valence-corrected chi connectivity index (χ3v) is 5.65. The predicted molar refractivity (Wildman–Crippen MR) is 101 cm³/mol. The van der Waals surface area contributed by atoms with Crippen LogP contribution in [-0.4, -0.2) is 53.4 Å². The molecule has 0 radical (unpaired) electrons. The van der Waals surface area contributed by atoms with E-state index >= 15 is 0 Å². The lowest BCUT2D eigenvalue weighted by molar-refractivity contribution is -0.136. The molecular formula is C20H23N7O. The molecule has 8 heteroatoms. The lowest BCUT2D eigenvalue weighted by Gasteiger charge is -2.28. The van der Waals surface area contributed by atoms with Crippen molar-refractivity contribution in [3.8, 4) is 0 Å². The van der Waals surface area contributed by atoms with Crippen molar-refractivity contribution in [1.29, 1.82) is 0 Å². The van der Waals surface area contributed by atoms with Crippen molar-refractivity contribution in [2.75, 3.05) is 13.1 Å². The number of nitrogens with zero attached hydrogens (tertiary/aromatic N) is 7. The van der Waals surface area contributed by atoms with E-state index in [0.29, 0.717) is 26.2 Å². The van der Waals surface area contributed by atoms with Crippen molar-refractivity contribution in [2.45, 2.75) is 38.8 Å². The van der Waals surface area contributed by atoms with Crippen molar-refractivity contribution >= 4 is 5.91 Å². The second-order valence-corrected chi connectivity index (χ2v) is 7.50. The van der Waals surface area contributed by atoms with Crippen LogP contribution in [0.5, 0.6) is 0 Å². The number of fused-ring (bicyclic) bond motifs is 2. The molecule has 0 aliphatic carbocycles. The highest BCUT2D eigenvalue weighted by atomic mass is 16.2. The molecule has 5 rings (SSSR count). The van der Waals surface area contributed by atoms with Crippen molar-refractivity contribution in [3.05, 3.63) is 59.7 Å². The van der Waals surface area contributed by atoms with Crippen LogP contribution in [0.2, 0.25) is 0 Å². The Kier molecular flexibility index (Phi) is 4.38. The molecule has 0 N–H and O–H groups in total. The molecule has 0 spiro atoms. The summed E-state index contributed by atoms with van der Waals surface area (Å²) in [4.78, 5) is 24.0. The van der Waals surface area contributed by atoms with Crippen LogP contribution in [0.25, 0.3) is 0 Å². The Balaban J connectivity index is 1.23. The monoisotopic (exact) mass is 377 g/mol. The van der Waals surface area contributed by atoms with Gasteiger partial charge in [-0.05, 0) is 12.0 Å². The smallest absolute Gasteiger partial charge is 0.227 e. The second kappa shape index (κ2) is 7.18. The van der Waals surface area contributed by atoms with E-state index in [1.165, 1.54) is 5.56 Å². The van der Waals surface area contributed by atoms with E-state index in [1.54, 1.807) is 6.33 Å². The summed E-state index contributed by atoms with van der Waals surface area (Å²) in [5, 5.41) is 8.91. The third kappa shape index (κ3) is 3.30. The number of hydrogen-bond acceptors (Lipinski definition) is 5. The van der Waals surface area contributed by atoms with E-state index in [1.807, 2.05) is 32.5 Å². The molecule has 0 fully saturated rings. The third-order valence-electron chi connectivity index (χ3n) is 5.65. The van der Waals surface area contributed by atoms with E-state index in [4.69, 9.17) is 4.98 Å². The maximum atomic E-state index is 13.0. The number of aryl methyl sites for hydroxylation is 1. The van der Waals surface area contributed by atoms with Gasteiger partial charge in [0.25, 0.3) is 0 Å². The average Bonchev–Trinajstić information content (AvgIpc) is 3.30. The number of carbonyl (C=O) groups excluding carboxylic acids is 1. The molecule has 0 saturated carbocycles. The fourth-order valence-electron chi connectivity index (χ4n) is 4.12. The zero-order valence-corrected chi connectivity index (χ0v) is 15.7. The first kappa shape index (κ1) is 17.1. The van der Waals surface area contributed by atoms with Gasteiger partial charge >= 0.3 is 0 Å². The van der Waals surface area contributed by atoms with Gasteiger partial charge in [0.2, 0.25) is 5.91 Å². The van der Waals surface area contributed by atoms with Crippen molar-refractivity contribution in [3.63, 3.8) is 0 Å². The summed E-state index contributed by atoms with van der Waals surface area (Å²) in [5.74, 6) is 3.02. The summed E-state index contributed by atoms with van der Waals surface area (Å²) < 4.78 is 3.84. The molecule has 1 aromatic carbocycles. The summed E-state index contributed by atoms with van der Waals surface area (Å²) in [6.07, 6.45) is 4.72. The van der Waals surface area contributed by atoms with E-state index in [2.05, 4.69) is 27.3 Å². The molecule has 8 nitrogen and oxygen atoms in total. The van der Waals surface area contributed by atoms with Crippen LogP contribution < -0.4 is 0 Å². The van der Waals surface area contributed by atoms with Gasteiger partial charge in [-0.2, -0.15) is 10.2 Å². The summed E-state index contributed by atoms with van der Waals surface area (Å²) in [7, 11) is 0. The van der Waals surface area contributed by atoms with Gasteiger partial charge in [0, 0.05) is 32.4 Å². The molecule has 0 bridgehead atoms. The lowest BCUT2D eigenvalue weighted by Crippen LogP contribution is -2.41. The highest BCUT2D eigenvalue weighted by molar-refractivity contribution is 5.79. The van der Waals surface area contributed by atoms with Gasteiger partial charge in [0.1, 0.15) is 18.0 Å². The topological polar surface area (TPSA) is 81.7 Å². The Bertz CT molecular complexity index is 952. The van der Waals surface area contributed by atoms with Crippen LogP contribution in [0, 0.1) is 5.92 Å². The molecule has 28 heavy (non-hydrogen) atoms. The minimum atomic E-state index is -0.0128. The Hall–Kier alpha value is -3.03. The molecule has 2 aliphatic heterocycles. The fraction of sp³-hybridized carbons (Fsp3) is 0.450. The molecule has 4 heterocycles. The van der Waals surface area contributed by atoms with Gasteiger partial charge in [-0.3, -0.25) is 4.79 Å². The number of rotatable bonds is 3. The van der Waals surface area contributed by atoms with E-state index in [-0.39, 0.29) is 11.8 Å². The van der Waals surface area contributed by atoms with Gasteiger partial charge in [0.05, 0.1) is 19.0 Å². The van der Waals surface area contributed by atoms with Crippen molar-refractivity contribution in [1.82, 2.24) is 34.4 Å². The molecule has 3 aromatic rings. The van der Waals surface area contributed by atoms with E-state index in [9.17, 15) is 4.79 Å². The Labute approximate surface area is 163 Å². The number of hydrogen-bond donors (Lipinski definition) is 0. The van der Waals surface area contributed by atoms with Crippen LogP contribution in [0.1, 0.15) is 29.5 Å². The van der Waals surface area contributed by atoms with Gasteiger partial charge < -0.3 is 4.90 Å². The minimum absolute atomic E-state index is 0.0128. The van der Waals surface area contributed by atoms with Crippen LogP contribution >= 0.6 is 0 Å². The van der Waals surface area contributed by atoms with Crippen LogP contribution in [-0.2, 0) is 37.1 Å². The standard InChI is InChI=1S/C20H23N7O/c28-20(16-6-7-18-21-14-22-27(18)13-16)25-9-8-19-23-17(24-26(19)11-10-25)12-15-4-2-1-3-5-15/h1-5,14,16H,6-13H2. The number of carbonyl (C=O) groups is 1. The summed E-state index contributed by atoms with van der Waals surface area (Å²) in [5.41, 5.74) is 1.21. The van der Waals surface area contributed by atoms with Crippen LogP contribution in [0.15, 0.2) is 36.7 Å². The maximum absolute atomic E-state index is 13.0. The largest absolute Gasteiger partial charge is 0.340 e. The Morgan fingerprint density at radius 1 is 1.04 bits per heavy atom. The molecule has 144 valence electrons. The zero-order chi connectivity index (χ0) is 18.9. The van der Waals surface area contributed by atoms with Crippen molar-refractivity contribution in [2.24, 2.45) is 5.92 Å². The molecule has 2 aromatic heterocycles. The maximum Gasteiger partial charge on any atom is 0.227 e. The molecule has 0 saturated heterocycles. The number of benzene rings is 1. The van der Waals surface area contributed by atoms with Crippen molar-refractivity contribution < 1.29 is 4.79 Å². The Morgan fingerprint density at radius 2 is 1.93 bits per heavy atom. The normalized spacial score (nSPS) is 19.0. The van der Waals surface area contributed by atoms with Gasteiger partial charge in [0.15, 0.2) is 5.82 Å². The van der Waals surface area contributed by atoms with E-state index in [0.717, 1.165) is 43.2 Å². The SMILES string of the molecule is O=C(C1CCc2ncnn2C1)N1CCc2nc(Cc3ccccc3)nn2CC1. The second-order valence-electron chi connectivity index (χ2n) is 7.50. The average molecular weight is 377 g/mol. The first-order valence-corrected chi connectivity index (χ1v) is 9.88. The first-order valence-electron chi connectivity index (χ1n) is 9.88. The van der Waals surface area contributed by atoms with Gasteiger partial charge in [-0.25, -0.2) is 19.3 Å². The summed E-state index contributed by atoms with van der Waals surface area (Å²) in [6.45, 7) is 2.71. The summed E-state index contributed by atoms with van der Waals surface area (Å²) >= 11 is 0. The van der Waals surface area contributed by atoms with Gasteiger partial charge in [-0.1, -0.05) is 30.3 Å². The molecule has 1 atom stereocenters. The van der Waals surface area contributed by atoms with E-state index < -0.39 is 0 Å². The first-order chi connectivity index (χ1) is 13.8. The number of aromatic nitrogens is 6. The fourth-order valence-corrected chi connectivity index (χ4v) is 4.12. The van der Waals surface area contributed by atoms with Gasteiger partial charge in [-0.15, -0.1) is 0 Å². The quantitative estimate of drug-likeness (QED) is 0.683. The van der Waals surface area contributed by atoms with Crippen LogP contribution in [0.3, 0.4) is 0 Å². The molecular weight excluding hydrogens is 354 g/mol. The zero-order valence-electron chi connectivity index (χ0n) is 15.7. The highest BCUT2D eigenvalue weighted by Gasteiger charge is 2.30. The minimum Gasteiger partial charge on any atom is -0.340 e.